The molecule has 1 fully saturated rings. The summed E-state index contributed by atoms with van der Waals surface area (Å²) in [7, 11) is -3.35. The van der Waals surface area contributed by atoms with E-state index < -0.39 is 10.0 Å². The lowest BCUT2D eigenvalue weighted by Gasteiger charge is -2.35. The van der Waals surface area contributed by atoms with E-state index in [0.29, 0.717) is 17.5 Å². The van der Waals surface area contributed by atoms with Crippen molar-refractivity contribution in [1.29, 1.82) is 0 Å². The van der Waals surface area contributed by atoms with E-state index in [4.69, 9.17) is 0 Å². The molecule has 0 unspecified atom stereocenters. The van der Waals surface area contributed by atoms with Crippen molar-refractivity contribution < 1.29 is 8.42 Å². The van der Waals surface area contributed by atoms with Crippen molar-refractivity contribution in [3.63, 3.8) is 0 Å². The minimum Gasteiger partial charge on any atom is -0.300 e. The second-order valence-electron chi connectivity index (χ2n) is 5.66. The maximum atomic E-state index is 12.1. The van der Waals surface area contributed by atoms with Gasteiger partial charge in [0.05, 0.1) is 4.90 Å². The van der Waals surface area contributed by atoms with Crippen LogP contribution in [0.3, 0.4) is 0 Å². The topological polar surface area (TPSA) is 49.4 Å². The Morgan fingerprint density at radius 2 is 2.00 bits per heavy atom. The first kappa shape index (κ1) is 16.5. The zero-order chi connectivity index (χ0) is 15.1. The van der Waals surface area contributed by atoms with E-state index in [1.165, 1.54) is 25.7 Å². The molecule has 1 heterocycles. The number of nitrogens with one attached hydrogen (secondary N) is 1. The second-order valence-corrected chi connectivity index (χ2v) is 7.43. The van der Waals surface area contributed by atoms with Crippen LogP contribution in [-0.2, 0) is 10.0 Å². The van der Waals surface area contributed by atoms with Crippen LogP contribution in [0.2, 0.25) is 0 Å². The summed E-state index contributed by atoms with van der Waals surface area (Å²) in [4.78, 5) is 2.86. The number of sulfonamides is 1. The fourth-order valence-electron chi connectivity index (χ4n) is 2.99. The Morgan fingerprint density at radius 3 is 2.71 bits per heavy atom. The molecule has 1 aliphatic rings. The number of benzene rings is 1. The molecule has 21 heavy (non-hydrogen) atoms. The highest BCUT2D eigenvalue weighted by Gasteiger charge is 2.20. The van der Waals surface area contributed by atoms with E-state index in [1.807, 2.05) is 6.07 Å². The number of hydrogen-bond acceptors (Lipinski definition) is 3. The van der Waals surface area contributed by atoms with E-state index in [9.17, 15) is 8.42 Å². The molecule has 0 aromatic heterocycles. The molecule has 2 rings (SSSR count). The monoisotopic (exact) mass is 310 g/mol. The van der Waals surface area contributed by atoms with Gasteiger partial charge in [-0.25, -0.2) is 13.1 Å². The van der Waals surface area contributed by atoms with Crippen LogP contribution in [0, 0.1) is 0 Å². The van der Waals surface area contributed by atoms with Crippen LogP contribution in [0.4, 0.5) is 0 Å². The van der Waals surface area contributed by atoms with E-state index >= 15 is 0 Å². The van der Waals surface area contributed by atoms with E-state index in [-0.39, 0.29) is 0 Å². The fourth-order valence-corrected chi connectivity index (χ4v) is 4.08. The molecule has 1 atom stereocenters. The van der Waals surface area contributed by atoms with Crippen LogP contribution in [0.1, 0.15) is 39.0 Å². The quantitative estimate of drug-likeness (QED) is 0.788. The summed E-state index contributed by atoms with van der Waals surface area (Å²) < 4.78 is 26.9. The number of likely N-dealkylation sites (tertiary alicyclic amines) is 1. The smallest absolute Gasteiger partial charge is 0.240 e. The van der Waals surface area contributed by atoms with Crippen LogP contribution in [0.15, 0.2) is 35.2 Å². The molecular formula is C16H26N2O2S. The predicted molar refractivity (Wildman–Crippen MR) is 85.8 cm³/mol. The van der Waals surface area contributed by atoms with Gasteiger partial charge in [0, 0.05) is 12.6 Å². The van der Waals surface area contributed by atoms with Crippen LogP contribution in [-0.4, -0.2) is 39.0 Å². The van der Waals surface area contributed by atoms with Gasteiger partial charge >= 0.3 is 0 Å². The average Bonchev–Trinajstić information content (AvgIpc) is 2.53. The lowest BCUT2D eigenvalue weighted by molar-refractivity contribution is 0.143. The summed E-state index contributed by atoms with van der Waals surface area (Å²) in [5.74, 6) is 0. The van der Waals surface area contributed by atoms with E-state index in [0.717, 1.165) is 19.5 Å². The largest absolute Gasteiger partial charge is 0.300 e. The fraction of sp³-hybridized carbons (Fsp3) is 0.625. The van der Waals surface area contributed by atoms with Crippen molar-refractivity contribution in [3.8, 4) is 0 Å². The van der Waals surface area contributed by atoms with Gasteiger partial charge < -0.3 is 4.90 Å². The molecule has 0 aliphatic carbocycles. The summed E-state index contributed by atoms with van der Waals surface area (Å²) in [6, 6.07) is 9.24. The molecule has 1 aromatic carbocycles. The van der Waals surface area contributed by atoms with Crippen molar-refractivity contribution >= 4 is 10.0 Å². The maximum Gasteiger partial charge on any atom is 0.240 e. The zero-order valence-corrected chi connectivity index (χ0v) is 13.6. The third-order valence-electron chi connectivity index (χ3n) is 4.19. The van der Waals surface area contributed by atoms with Crippen LogP contribution in [0.5, 0.6) is 0 Å². The second kappa shape index (κ2) is 7.92. The first-order valence-corrected chi connectivity index (χ1v) is 9.40. The number of rotatable bonds is 7. The van der Waals surface area contributed by atoms with Gasteiger partial charge in [-0.2, -0.15) is 0 Å². The molecule has 118 valence electrons. The number of nitrogens with zero attached hydrogens (tertiary/aromatic N) is 1. The zero-order valence-electron chi connectivity index (χ0n) is 12.8. The minimum absolute atomic E-state index is 0.342. The molecule has 0 amide bonds. The Labute approximate surface area is 128 Å². The average molecular weight is 310 g/mol. The molecule has 0 saturated carbocycles. The molecule has 0 bridgehead atoms. The molecule has 1 aromatic rings. The van der Waals surface area contributed by atoms with E-state index in [2.05, 4.69) is 16.5 Å². The van der Waals surface area contributed by atoms with Crippen molar-refractivity contribution in [3.05, 3.63) is 30.3 Å². The van der Waals surface area contributed by atoms with Gasteiger partial charge in [0.25, 0.3) is 0 Å². The van der Waals surface area contributed by atoms with Crippen molar-refractivity contribution in [2.24, 2.45) is 0 Å². The lowest BCUT2D eigenvalue weighted by atomic mass is 10.00. The molecular weight excluding hydrogens is 284 g/mol. The summed E-state index contributed by atoms with van der Waals surface area (Å²) in [6.07, 6.45) is 5.94. The highest BCUT2D eigenvalue weighted by molar-refractivity contribution is 7.89. The molecule has 1 N–H and O–H groups in total. The van der Waals surface area contributed by atoms with Gasteiger partial charge in [0.1, 0.15) is 0 Å². The molecule has 1 saturated heterocycles. The number of piperidine rings is 1. The molecule has 0 radical (unpaired) electrons. The molecule has 4 nitrogen and oxygen atoms in total. The van der Waals surface area contributed by atoms with Gasteiger partial charge in [-0.1, -0.05) is 31.5 Å². The maximum absolute atomic E-state index is 12.1. The molecule has 5 heteroatoms. The van der Waals surface area contributed by atoms with Gasteiger partial charge in [-0.05, 0) is 50.9 Å². The van der Waals surface area contributed by atoms with Crippen LogP contribution in [0.25, 0.3) is 0 Å². The van der Waals surface area contributed by atoms with Crippen molar-refractivity contribution in [1.82, 2.24) is 9.62 Å². The lowest BCUT2D eigenvalue weighted by Crippen LogP contribution is -2.40. The highest BCUT2D eigenvalue weighted by atomic mass is 32.2. The molecule has 0 spiro atoms. The van der Waals surface area contributed by atoms with Crippen molar-refractivity contribution in [2.45, 2.75) is 50.0 Å². The summed E-state index contributed by atoms with van der Waals surface area (Å²) in [5, 5.41) is 0. The summed E-state index contributed by atoms with van der Waals surface area (Å²) >= 11 is 0. The third kappa shape index (κ3) is 4.80. The Morgan fingerprint density at radius 1 is 1.24 bits per heavy atom. The van der Waals surface area contributed by atoms with Gasteiger partial charge in [0.15, 0.2) is 0 Å². The van der Waals surface area contributed by atoms with Gasteiger partial charge in [-0.3, -0.25) is 0 Å². The standard InChI is InChI=1S/C16H26N2O2S/c1-2-15-9-6-7-13-18(15)14-8-12-17-21(19,20)16-10-4-3-5-11-16/h3-5,10-11,15,17H,2,6-9,12-14H2,1H3/t15-/m0/s1. The predicted octanol–water partition coefficient (Wildman–Crippen LogP) is 2.62. The summed E-state index contributed by atoms with van der Waals surface area (Å²) in [6.45, 7) is 4.88. The Bertz CT molecular complexity index is 516. The van der Waals surface area contributed by atoms with Gasteiger partial charge in [0.2, 0.25) is 10.0 Å². The third-order valence-corrected chi connectivity index (χ3v) is 5.66. The minimum atomic E-state index is -3.35. The summed E-state index contributed by atoms with van der Waals surface area (Å²) in [5.41, 5.74) is 0. The molecule has 1 aliphatic heterocycles. The normalized spacial score (nSPS) is 20.5. The first-order valence-electron chi connectivity index (χ1n) is 7.92. The number of hydrogen-bond donors (Lipinski definition) is 1. The van der Waals surface area contributed by atoms with Crippen LogP contribution >= 0.6 is 0 Å². The van der Waals surface area contributed by atoms with E-state index in [1.54, 1.807) is 24.3 Å². The Kier molecular flexibility index (Phi) is 6.21. The van der Waals surface area contributed by atoms with Crippen molar-refractivity contribution in [2.75, 3.05) is 19.6 Å². The first-order chi connectivity index (χ1) is 10.1. The Balaban J connectivity index is 1.76. The highest BCUT2D eigenvalue weighted by Crippen LogP contribution is 2.19. The Hall–Kier alpha value is -0.910. The SMILES string of the molecule is CC[C@H]1CCCCN1CCCNS(=O)(=O)c1ccccc1. The van der Waals surface area contributed by atoms with Gasteiger partial charge in [-0.15, -0.1) is 0 Å². The van der Waals surface area contributed by atoms with Crippen LogP contribution < -0.4 is 4.72 Å².